The van der Waals surface area contributed by atoms with E-state index in [0.29, 0.717) is 5.56 Å². The molecule has 1 unspecified atom stereocenters. The Kier molecular flexibility index (Phi) is 4.22. The Bertz CT molecular complexity index is 847. The van der Waals surface area contributed by atoms with Crippen molar-refractivity contribution in [2.24, 2.45) is 0 Å². The van der Waals surface area contributed by atoms with Crippen LogP contribution in [0.25, 0.3) is 5.57 Å². The maximum atomic E-state index is 14.3. The molecular formula is C18H15F2N3O. The van der Waals surface area contributed by atoms with Gasteiger partial charge in [0.05, 0.1) is 6.54 Å². The van der Waals surface area contributed by atoms with Crippen molar-refractivity contribution in [3.63, 3.8) is 0 Å². The predicted molar refractivity (Wildman–Crippen MR) is 85.8 cm³/mol. The molecule has 1 aromatic heterocycles. The van der Waals surface area contributed by atoms with Gasteiger partial charge in [0.25, 0.3) is 0 Å². The number of hydrogen-bond acceptors (Lipinski definition) is 3. The molecule has 1 atom stereocenters. The van der Waals surface area contributed by atoms with Crippen LogP contribution < -0.4 is 0 Å². The van der Waals surface area contributed by atoms with Gasteiger partial charge in [-0.05, 0) is 29.3 Å². The normalized spacial score (nSPS) is 13.5. The topological polar surface area (TPSA) is 50.9 Å². The monoisotopic (exact) mass is 327 g/mol. The van der Waals surface area contributed by atoms with E-state index in [0.717, 1.165) is 0 Å². The highest BCUT2D eigenvalue weighted by Crippen LogP contribution is 2.37. The molecule has 3 rings (SSSR count). The molecule has 1 heterocycles. The molecule has 0 spiro atoms. The Morgan fingerprint density at radius 3 is 2.46 bits per heavy atom. The summed E-state index contributed by atoms with van der Waals surface area (Å²) >= 11 is 0. The highest BCUT2D eigenvalue weighted by molar-refractivity contribution is 5.72. The Morgan fingerprint density at radius 1 is 1.12 bits per heavy atom. The number of aliphatic hydroxyl groups is 1. The lowest BCUT2D eigenvalue weighted by atomic mass is 9.82. The van der Waals surface area contributed by atoms with Gasteiger partial charge in [0, 0.05) is 5.56 Å². The first kappa shape index (κ1) is 16.0. The summed E-state index contributed by atoms with van der Waals surface area (Å²) in [5, 5.41) is 15.3. The summed E-state index contributed by atoms with van der Waals surface area (Å²) in [7, 11) is 0. The van der Waals surface area contributed by atoms with Crippen molar-refractivity contribution in [3.8, 4) is 0 Å². The molecule has 4 nitrogen and oxygen atoms in total. The molecular weight excluding hydrogens is 312 g/mol. The van der Waals surface area contributed by atoms with Crippen LogP contribution in [0, 0.1) is 11.6 Å². The van der Waals surface area contributed by atoms with E-state index < -0.39 is 17.2 Å². The molecule has 0 aliphatic rings. The Labute approximate surface area is 137 Å². The number of halogens is 2. The first-order chi connectivity index (χ1) is 11.5. The molecule has 3 aromatic rings. The summed E-state index contributed by atoms with van der Waals surface area (Å²) in [5.41, 5.74) is -0.961. The van der Waals surface area contributed by atoms with Crippen LogP contribution in [0.15, 0.2) is 67.8 Å². The second-order valence-corrected chi connectivity index (χ2v) is 5.42. The second-order valence-electron chi connectivity index (χ2n) is 5.42. The Hall–Kier alpha value is -2.86. The third-order valence-electron chi connectivity index (χ3n) is 3.87. The minimum Gasteiger partial charge on any atom is -0.378 e. The van der Waals surface area contributed by atoms with Gasteiger partial charge in [-0.25, -0.2) is 18.4 Å². The average Bonchev–Trinajstić information content (AvgIpc) is 3.08. The molecule has 24 heavy (non-hydrogen) atoms. The second kappa shape index (κ2) is 6.33. The van der Waals surface area contributed by atoms with Gasteiger partial charge < -0.3 is 5.11 Å². The lowest BCUT2D eigenvalue weighted by Crippen LogP contribution is -2.34. The first-order valence-corrected chi connectivity index (χ1v) is 7.26. The van der Waals surface area contributed by atoms with Crippen molar-refractivity contribution in [2.75, 3.05) is 0 Å². The van der Waals surface area contributed by atoms with Crippen LogP contribution in [0.2, 0.25) is 0 Å². The molecule has 1 N–H and O–H groups in total. The molecule has 122 valence electrons. The van der Waals surface area contributed by atoms with Gasteiger partial charge in [0.2, 0.25) is 0 Å². The summed E-state index contributed by atoms with van der Waals surface area (Å²) in [6.07, 6.45) is 2.74. The van der Waals surface area contributed by atoms with Crippen molar-refractivity contribution < 1.29 is 13.9 Å². The van der Waals surface area contributed by atoms with E-state index in [-0.39, 0.29) is 17.7 Å². The van der Waals surface area contributed by atoms with Gasteiger partial charge >= 0.3 is 0 Å². The smallest absolute Gasteiger partial charge is 0.137 e. The maximum absolute atomic E-state index is 14.3. The lowest BCUT2D eigenvalue weighted by molar-refractivity contribution is 0.0728. The van der Waals surface area contributed by atoms with Crippen molar-refractivity contribution >= 4 is 5.57 Å². The van der Waals surface area contributed by atoms with Gasteiger partial charge in [0.15, 0.2) is 0 Å². The van der Waals surface area contributed by atoms with Gasteiger partial charge in [0.1, 0.15) is 29.9 Å². The standard InChI is InChI=1S/C18H15F2N3O/c1-13(14-6-8-15(19)9-7-14)18(24,10-23-12-21-11-22-23)16-4-2-3-5-17(16)20/h2-9,11-12,24H,1,10H2. The number of aromatic nitrogens is 3. The molecule has 0 radical (unpaired) electrons. The highest BCUT2D eigenvalue weighted by atomic mass is 19.1. The minimum absolute atomic E-state index is 0.0647. The van der Waals surface area contributed by atoms with Crippen LogP contribution in [-0.2, 0) is 12.1 Å². The number of nitrogens with zero attached hydrogens (tertiary/aromatic N) is 3. The molecule has 0 bridgehead atoms. The van der Waals surface area contributed by atoms with Crippen molar-refractivity contribution in [3.05, 3.63) is 90.5 Å². The van der Waals surface area contributed by atoms with Gasteiger partial charge in [-0.15, -0.1) is 0 Å². The van der Waals surface area contributed by atoms with E-state index in [1.165, 1.54) is 59.8 Å². The minimum atomic E-state index is -1.77. The van der Waals surface area contributed by atoms with E-state index >= 15 is 0 Å². The van der Waals surface area contributed by atoms with Gasteiger partial charge in [-0.3, -0.25) is 0 Å². The Balaban J connectivity index is 2.09. The third kappa shape index (κ3) is 2.96. The molecule has 0 saturated carbocycles. The van der Waals surface area contributed by atoms with Gasteiger partial charge in [-0.1, -0.05) is 36.9 Å². The summed E-state index contributed by atoms with van der Waals surface area (Å²) < 4.78 is 28.9. The summed E-state index contributed by atoms with van der Waals surface area (Å²) in [6, 6.07) is 11.4. The number of benzene rings is 2. The SMILES string of the molecule is C=C(c1ccc(F)cc1)C(O)(Cn1cncn1)c1ccccc1F. The van der Waals surface area contributed by atoms with Gasteiger partial charge in [-0.2, -0.15) is 5.10 Å². The van der Waals surface area contributed by atoms with Crippen molar-refractivity contribution in [2.45, 2.75) is 12.1 Å². The third-order valence-corrected chi connectivity index (χ3v) is 3.87. The van der Waals surface area contributed by atoms with E-state index in [4.69, 9.17) is 0 Å². The predicted octanol–water partition coefficient (Wildman–Crippen LogP) is 3.16. The zero-order chi connectivity index (χ0) is 17.2. The largest absolute Gasteiger partial charge is 0.378 e. The number of rotatable bonds is 5. The zero-order valence-corrected chi connectivity index (χ0v) is 12.7. The average molecular weight is 327 g/mol. The van der Waals surface area contributed by atoms with E-state index in [9.17, 15) is 13.9 Å². The van der Waals surface area contributed by atoms with E-state index in [2.05, 4.69) is 16.7 Å². The van der Waals surface area contributed by atoms with Crippen LogP contribution in [0.1, 0.15) is 11.1 Å². The van der Waals surface area contributed by atoms with E-state index in [1.807, 2.05) is 0 Å². The molecule has 0 saturated heterocycles. The van der Waals surface area contributed by atoms with Crippen LogP contribution >= 0.6 is 0 Å². The highest BCUT2D eigenvalue weighted by Gasteiger charge is 2.36. The summed E-state index contributed by atoms with van der Waals surface area (Å²) in [6.45, 7) is 3.84. The van der Waals surface area contributed by atoms with Crippen molar-refractivity contribution in [1.82, 2.24) is 14.8 Å². The van der Waals surface area contributed by atoms with Crippen LogP contribution in [0.5, 0.6) is 0 Å². The fraction of sp³-hybridized carbons (Fsp3) is 0.111. The summed E-state index contributed by atoms with van der Waals surface area (Å²) in [4.78, 5) is 3.83. The Morgan fingerprint density at radius 2 is 1.83 bits per heavy atom. The molecule has 0 aliphatic heterocycles. The quantitative estimate of drug-likeness (QED) is 0.783. The van der Waals surface area contributed by atoms with Crippen molar-refractivity contribution in [1.29, 1.82) is 0 Å². The molecule has 6 heteroatoms. The van der Waals surface area contributed by atoms with Crippen LogP contribution in [0.3, 0.4) is 0 Å². The fourth-order valence-electron chi connectivity index (χ4n) is 2.58. The summed E-state index contributed by atoms with van der Waals surface area (Å²) in [5.74, 6) is -0.972. The first-order valence-electron chi connectivity index (χ1n) is 7.26. The zero-order valence-electron chi connectivity index (χ0n) is 12.7. The van der Waals surface area contributed by atoms with Crippen LogP contribution in [-0.4, -0.2) is 19.9 Å². The molecule has 2 aromatic carbocycles. The van der Waals surface area contributed by atoms with E-state index in [1.54, 1.807) is 6.07 Å². The lowest BCUT2D eigenvalue weighted by Gasteiger charge is -2.31. The number of hydrogen-bond donors (Lipinski definition) is 1. The fourth-order valence-corrected chi connectivity index (χ4v) is 2.58. The maximum Gasteiger partial charge on any atom is 0.137 e. The molecule has 0 aliphatic carbocycles. The molecule has 0 amide bonds. The molecule has 0 fully saturated rings. The van der Waals surface area contributed by atoms with Crippen LogP contribution in [0.4, 0.5) is 8.78 Å².